The molecule has 128 valence electrons. The summed E-state index contributed by atoms with van der Waals surface area (Å²) in [5, 5.41) is 0. The Morgan fingerprint density at radius 1 is 0.920 bits per heavy atom. The highest BCUT2D eigenvalue weighted by molar-refractivity contribution is 5.90. The molecule has 0 saturated heterocycles. The van der Waals surface area contributed by atoms with Crippen molar-refractivity contribution in [2.75, 3.05) is 0 Å². The zero-order valence-corrected chi connectivity index (χ0v) is 15.8. The minimum atomic E-state index is 1.02. The summed E-state index contributed by atoms with van der Waals surface area (Å²) in [5.41, 5.74) is 10.3. The first-order chi connectivity index (χ1) is 12.1. The SMILES string of the molecule is C=Cc1c(-c2cccc(C)c2)c(-c2ccc(C)cc2)n(CCC)c1C. The summed E-state index contributed by atoms with van der Waals surface area (Å²) in [5.74, 6) is 0. The van der Waals surface area contributed by atoms with Crippen LogP contribution in [0, 0.1) is 20.8 Å². The lowest BCUT2D eigenvalue weighted by atomic mass is 9.95. The monoisotopic (exact) mass is 329 g/mol. The third kappa shape index (κ3) is 3.19. The van der Waals surface area contributed by atoms with Crippen molar-refractivity contribution in [3.63, 3.8) is 0 Å². The smallest absolute Gasteiger partial charge is 0.0568 e. The third-order valence-electron chi connectivity index (χ3n) is 4.85. The number of benzene rings is 2. The zero-order valence-electron chi connectivity index (χ0n) is 15.8. The van der Waals surface area contributed by atoms with Crippen LogP contribution in [0.5, 0.6) is 0 Å². The highest BCUT2D eigenvalue weighted by Gasteiger charge is 2.20. The van der Waals surface area contributed by atoms with E-state index in [1.807, 2.05) is 6.08 Å². The molecular weight excluding hydrogens is 302 g/mol. The molecule has 0 N–H and O–H groups in total. The van der Waals surface area contributed by atoms with Gasteiger partial charge in [0, 0.05) is 23.4 Å². The Hall–Kier alpha value is -2.54. The molecule has 0 unspecified atom stereocenters. The lowest BCUT2D eigenvalue weighted by Gasteiger charge is -2.13. The van der Waals surface area contributed by atoms with Gasteiger partial charge in [-0.3, -0.25) is 0 Å². The Labute approximate surface area is 151 Å². The number of hydrogen-bond donors (Lipinski definition) is 0. The maximum absolute atomic E-state index is 4.11. The molecule has 0 spiro atoms. The van der Waals surface area contributed by atoms with Crippen LogP contribution < -0.4 is 0 Å². The lowest BCUT2D eigenvalue weighted by Crippen LogP contribution is -2.02. The van der Waals surface area contributed by atoms with Gasteiger partial charge in [0.1, 0.15) is 0 Å². The molecule has 0 aliphatic carbocycles. The lowest BCUT2D eigenvalue weighted by molar-refractivity contribution is 0.671. The van der Waals surface area contributed by atoms with Crippen molar-refractivity contribution in [1.82, 2.24) is 4.57 Å². The van der Waals surface area contributed by atoms with Crippen molar-refractivity contribution in [1.29, 1.82) is 0 Å². The minimum absolute atomic E-state index is 1.02. The second kappa shape index (κ2) is 7.14. The van der Waals surface area contributed by atoms with Crippen molar-refractivity contribution in [2.24, 2.45) is 0 Å². The van der Waals surface area contributed by atoms with Gasteiger partial charge in [-0.1, -0.05) is 79.2 Å². The fraction of sp³-hybridized carbons (Fsp3) is 0.250. The van der Waals surface area contributed by atoms with E-state index >= 15 is 0 Å². The quantitative estimate of drug-likeness (QED) is 0.485. The van der Waals surface area contributed by atoms with Gasteiger partial charge in [-0.05, 0) is 38.3 Å². The van der Waals surface area contributed by atoms with Crippen LogP contribution >= 0.6 is 0 Å². The molecule has 1 nitrogen and oxygen atoms in total. The van der Waals surface area contributed by atoms with E-state index in [1.165, 1.54) is 44.8 Å². The minimum Gasteiger partial charge on any atom is -0.344 e. The molecular formula is C24H27N. The van der Waals surface area contributed by atoms with Crippen LogP contribution in [0.3, 0.4) is 0 Å². The van der Waals surface area contributed by atoms with Gasteiger partial charge in [0.2, 0.25) is 0 Å². The van der Waals surface area contributed by atoms with E-state index in [-0.39, 0.29) is 0 Å². The predicted octanol–water partition coefficient (Wildman–Crippen LogP) is 6.80. The van der Waals surface area contributed by atoms with Crippen molar-refractivity contribution in [3.05, 3.63) is 77.5 Å². The van der Waals surface area contributed by atoms with Crippen LogP contribution in [0.25, 0.3) is 28.5 Å². The highest BCUT2D eigenvalue weighted by Crippen LogP contribution is 2.40. The Bertz CT molecular complexity index is 895. The summed E-state index contributed by atoms with van der Waals surface area (Å²) in [6.45, 7) is 13.9. The van der Waals surface area contributed by atoms with Gasteiger partial charge in [0.05, 0.1) is 5.69 Å². The topological polar surface area (TPSA) is 4.93 Å². The largest absolute Gasteiger partial charge is 0.344 e. The summed E-state index contributed by atoms with van der Waals surface area (Å²) in [6, 6.07) is 17.6. The van der Waals surface area contributed by atoms with Gasteiger partial charge in [-0.25, -0.2) is 0 Å². The Morgan fingerprint density at radius 3 is 2.24 bits per heavy atom. The normalized spacial score (nSPS) is 10.9. The van der Waals surface area contributed by atoms with E-state index in [4.69, 9.17) is 0 Å². The van der Waals surface area contributed by atoms with Gasteiger partial charge in [-0.2, -0.15) is 0 Å². The standard InChI is InChI=1S/C24H27N/c1-6-15-25-19(5)22(7-2)23(21-10-8-9-18(4)16-21)24(25)20-13-11-17(3)12-14-20/h7-14,16H,2,6,15H2,1,3-5H3. The summed E-state index contributed by atoms with van der Waals surface area (Å²) in [7, 11) is 0. The summed E-state index contributed by atoms with van der Waals surface area (Å²) < 4.78 is 2.46. The molecule has 1 heteroatoms. The molecule has 0 saturated carbocycles. The van der Waals surface area contributed by atoms with Crippen molar-refractivity contribution < 1.29 is 0 Å². The second-order valence-electron chi connectivity index (χ2n) is 6.81. The highest BCUT2D eigenvalue weighted by atomic mass is 15.0. The first kappa shape index (κ1) is 17.3. The molecule has 1 aromatic heterocycles. The van der Waals surface area contributed by atoms with E-state index in [0.717, 1.165) is 13.0 Å². The van der Waals surface area contributed by atoms with Crippen LogP contribution in [-0.2, 0) is 6.54 Å². The number of aromatic nitrogens is 1. The molecule has 0 aliphatic heterocycles. The molecule has 0 radical (unpaired) electrons. The summed E-state index contributed by atoms with van der Waals surface area (Å²) in [4.78, 5) is 0. The predicted molar refractivity (Wildman–Crippen MR) is 110 cm³/mol. The van der Waals surface area contributed by atoms with E-state index in [0.29, 0.717) is 0 Å². The summed E-state index contributed by atoms with van der Waals surface area (Å²) in [6.07, 6.45) is 3.12. The molecule has 2 aromatic carbocycles. The number of nitrogens with zero attached hydrogens (tertiary/aromatic N) is 1. The molecule has 0 bridgehead atoms. The van der Waals surface area contributed by atoms with Crippen molar-refractivity contribution in [3.8, 4) is 22.4 Å². The number of rotatable bonds is 5. The van der Waals surface area contributed by atoms with Gasteiger partial charge >= 0.3 is 0 Å². The fourth-order valence-corrected chi connectivity index (χ4v) is 3.61. The summed E-state index contributed by atoms with van der Waals surface area (Å²) >= 11 is 0. The molecule has 25 heavy (non-hydrogen) atoms. The van der Waals surface area contributed by atoms with Gasteiger partial charge in [0.15, 0.2) is 0 Å². The van der Waals surface area contributed by atoms with Gasteiger partial charge < -0.3 is 4.57 Å². The average Bonchev–Trinajstić information content (AvgIpc) is 2.88. The fourth-order valence-electron chi connectivity index (χ4n) is 3.61. The van der Waals surface area contributed by atoms with Crippen LogP contribution in [0.15, 0.2) is 55.1 Å². The van der Waals surface area contributed by atoms with E-state index in [1.54, 1.807) is 0 Å². The van der Waals surface area contributed by atoms with E-state index in [2.05, 4.69) is 87.4 Å². The number of aryl methyl sites for hydroxylation is 2. The van der Waals surface area contributed by atoms with Crippen LogP contribution in [0.1, 0.15) is 35.7 Å². The van der Waals surface area contributed by atoms with Crippen molar-refractivity contribution in [2.45, 2.75) is 40.7 Å². The molecule has 1 heterocycles. The molecule has 0 fully saturated rings. The molecule has 0 aliphatic rings. The van der Waals surface area contributed by atoms with Gasteiger partial charge in [0.25, 0.3) is 0 Å². The van der Waals surface area contributed by atoms with E-state index in [9.17, 15) is 0 Å². The molecule has 0 atom stereocenters. The molecule has 0 amide bonds. The van der Waals surface area contributed by atoms with E-state index < -0.39 is 0 Å². The Kier molecular flexibility index (Phi) is 4.94. The third-order valence-corrected chi connectivity index (χ3v) is 4.85. The van der Waals surface area contributed by atoms with Gasteiger partial charge in [-0.15, -0.1) is 0 Å². The zero-order chi connectivity index (χ0) is 18.0. The average molecular weight is 329 g/mol. The van der Waals surface area contributed by atoms with Crippen LogP contribution in [-0.4, -0.2) is 4.57 Å². The first-order valence-corrected chi connectivity index (χ1v) is 9.06. The van der Waals surface area contributed by atoms with Crippen molar-refractivity contribution >= 4 is 6.08 Å². The number of hydrogen-bond acceptors (Lipinski definition) is 0. The van der Waals surface area contributed by atoms with Crippen LogP contribution in [0.2, 0.25) is 0 Å². The molecule has 3 aromatic rings. The molecule has 3 rings (SSSR count). The Morgan fingerprint density at radius 2 is 1.64 bits per heavy atom. The maximum Gasteiger partial charge on any atom is 0.0568 e. The first-order valence-electron chi connectivity index (χ1n) is 9.06. The maximum atomic E-state index is 4.11. The Balaban J connectivity index is 2.37. The second-order valence-corrected chi connectivity index (χ2v) is 6.81. The van der Waals surface area contributed by atoms with Crippen LogP contribution in [0.4, 0.5) is 0 Å².